The highest BCUT2D eigenvalue weighted by atomic mass is 16.4. The van der Waals surface area contributed by atoms with Gasteiger partial charge >= 0.3 is 5.97 Å². The van der Waals surface area contributed by atoms with Gasteiger partial charge in [-0.05, 0) is 23.5 Å². The van der Waals surface area contributed by atoms with E-state index in [1.807, 2.05) is 25.1 Å². The van der Waals surface area contributed by atoms with Crippen LogP contribution in [-0.2, 0) is 16.0 Å². The predicted molar refractivity (Wildman–Crippen MR) is 75.0 cm³/mol. The number of carbonyl (C=O) groups is 2. The molecule has 0 aliphatic rings. The van der Waals surface area contributed by atoms with E-state index in [1.165, 1.54) is 0 Å². The Labute approximate surface area is 113 Å². The number of carboxylic acid groups (broad SMARTS) is 1. The summed E-state index contributed by atoms with van der Waals surface area (Å²) < 4.78 is 0. The molecule has 4 nitrogen and oxygen atoms in total. The maximum Gasteiger partial charge on any atom is 0.316 e. The van der Waals surface area contributed by atoms with Gasteiger partial charge in [-0.2, -0.15) is 0 Å². The van der Waals surface area contributed by atoms with E-state index < -0.39 is 23.2 Å². The molecule has 0 bridgehead atoms. The lowest BCUT2D eigenvalue weighted by Gasteiger charge is -2.26. The number of carboxylic acids is 1. The van der Waals surface area contributed by atoms with E-state index in [0.717, 1.165) is 12.0 Å². The summed E-state index contributed by atoms with van der Waals surface area (Å²) in [5.41, 5.74) is 1.05. The average Bonchev–Trinajstić information content (AvgIpc) is 2.27. The number of nitrogens with one attached hydrogen (secondary N) is 1. The van der Waals surface area contributed by atoms with Crippen LogP contribution in [0.15, 0.2) is 24.3 Å². The second kappa shape index (κ2) is 5.87. The maximum atomic E-state index is 12.2. The lowest BCUT2D eigenvalue weighted by Crippen LogP contribution is -2.39. The quantitative estimate of drug-likeness (QED) is 0.821. The standard InChI is InChI=1S/C15H21NO3/c1-5-10-8-6-7-9-11(10)16-13(17)12(14(18)19)15(2,3)4/h6-9,12H,5H2,1-4H3,(H,16,17)(H,18,19). The van der Waals surface area contributed by atoms with Gasteiger partial charge in [-0.15, -0.1) is 0 Å². The van der Waals surface area contributed by atoms with Crippen molar-refractivity contribution in [3.05, 3.63) is 29.8 Å². The number of amides is 1. The third-order valence-corrected chi connectivity index (χ3v) is 3.03. The normalized spacial score (nSPS) is 12.8. The molecule has 1 atom stereocenters. The molecule has 0 saturated carbocycles. The van der Waals surface area contributed by atoms with Gasteiger partial charge in [0.05, 0.1) is 0 Å². The number of hydrogen-bond donors (Lipinski definition) is 2. The Kier molecular flexibility index (Phi) is 4.70. The van der Waals surface area contributed by atoms with Crippen molar-refractivity contribution in [3.63, 3.8) is 0 Å². The molecule has 0 saturated heterocycles. The van der Waals surface area contributed by atoms with Crippen molar-refractivity contribution < 1.29 is 14.7 Å². The van der Waals surface area contributed by atoms with Crippen LogP contribution in [0.4, 0.5) is 5.69 Å². The first kappa shape index (κ1) is 15.2. The molecular formula is C15H21NO3. The fourth-order valence-corrected chi connectivity index (χ4v) is 2.03. The zero-order chi connectivity index (χ0) is 14.6. The van der Waals surface area contributed by atoms with Gasteiger partial charge in [0.1, 0.15) is 5.92 Å². The predicted octanol–water partition coefficient (Wildman–Crippen LogP) is 2.93. The van der Waals surface area contributed by atoms with E-state index in [0.29, 0.717) is 5.69 Å². The summed E-state index contributed by atoms with van der Waals surface area (Å²) >= 11 is 0. The van der Waals surface area contributed by atoms with Gasteiger partial charge in [0.25, 0.3) is 0 Å². The fourth-order valence-electron chi connectivity index (χ4n) is 2.03. The van der Waals surface area contributed by atoms with E-state index in [1.54, 1.807) is 26.8 Å². The molecule has 4 heteroatoms. The molecule has 1 amide bonds. The zero-order valence-electron chi connectivity index (χ0n) is 11.9. The molecule has 0 fully saturated rings. The largest absolute Gasteiger partial charge is 0.481 e. The summed E-state index contributed by atoms with van der Waals surface area (Å²) in [5.74, 6) is -2.64. The second-order valence-electron chi connectivity index (χ2n) is 5.64. The molecule has 0 aliphatic heterocycles. The van der Waals surface area contributed by atoms with E-state index >= 15 is 0 Å². The third kappa shape index (κ3) is 3.81. The van der Waals surface area contributed by atoms with Crippen molar-refractivity contribution >= 4 is 17.6 Å². The highest BCUT2D eigenvalue weighted by Crippen LogP contribution is 2.28. The van der Waals surface area contributed by atoms with Crippen molar-refractivity contribution in [3.8, 4) is 0 Å². The van der Waals surface area contributed by atoms with E-state index in [9.17, 15) is 14.7 Å². The Balaban J connectivity index is 2.98. The number of aliphatic carboxylic acids is 1. The SMILES string of the molecule is CCc1ccccc1NC(=O)C(C(=O)O)C(C)(C)C. The first-order valence-corrected chi connectivity index (χ1v) is 6.39. The molecule has 1 aromatic rings. The van der Waals surface area contributed by atoms with Crippen LogP contribution in [0, 0.1) is 11.3 Å². The summed E-state index contributed by atoms with van der Waals surface area (Å²) in [6.45, 7) is 7.23. The molecule has 104 valence electrons. The third-order valence-electron chi connectivity index (χ3n) is 3.03. The Morgan fingerprint density at radius 1 is 1.26 bits per heavy atom. The molecule has 0 aliphatic carbocycles. The van der Waals surface area contributed by atoms with Crippen molar-refractivity contribution in [2.45, 2.75) is 34.1 Å². The van der Waals surface area contributed by atoms with Crippen LogP contribution in [0.25, 0.3) is 0 Å². The second-order valence-corrected chi connectivity index (χ2v) is 5.64. The Morgan fingerprint density at radius 2 is 1.84 bits per heavy atom. The van der Waals surface area contributed by atoms with Gasteiger partial charge < -0.3 is 10.4 Å². The number of aryl methyl sites for hydroxylation is 1. The number of benzene rings is 1. The summed E-state index contributed by atoms with van der Waals surface area (Å²) in [5, 5.41) is 12.0. The maximum absolute atomic E-state index is 12.2. The molecule has 0 aromatic heterocycles. The lowest BCUT2D eigenvalue weighted by atomic mass is 9.80. The van der Waals surface area contributed by atoms with Crippen LogP contribution in [0.2, 0.25) is 0 Å². The Morgan fingerprint density at radius 3 is 2.32 bits per heavy atom. The van der Waals surface area contributed by atoms with Crippen molar-refractivity contribution in [1.29, 1.82) is 0 Å². The molecule has 19 heavy (non-hydrogen) atoms. The number of para-hydroxylation sites is 1. The number of anilines is 1. The molecule has 0 radical (unpaired) electrons. The molecule has 1 unspecified atom stereocenters. The van der Waals surface area contributed by atoms with Crippen LogP contribution in [0.1, 0.15) is 33.3 Å². The topological polar surface area (TPSA) is 66.4 Å². The number of carbonyl (C=O) groups excluding carboxylic acids is 1. The summed E-state index contributed by atoms with van der Waals surface area (Å²) in [7, 11) is 0. The lowest BCUT2D eigenvalue weighted by molar-refractivity contribution is -0.149. The van der Waals surface area contributed by atoms with Gasteiger partial charge in [-0.3, -0.25) is 9.59 Å². The van der Waals surface area contributed by atoms with Crippen molar-refractivity contribution in [2.24, 2.45) is 11.3 Å². The summed E-state index contributed by atoms with van der Waals surface area (Å²) in [6.07, 6.45) is 0.781. The molecular weight excluding hydrogens is 242 g/mol. The molecule has 0 heterocycles. The average molecular weight is 263 g/mol. The smallest absolute Gasteiger partial charge is 0.316 e. The van der Waals surface area contributed by atoms with Crippen LogP contribution < -0.4 is 5.32 Å². The minimum atomic E-state index is -1.10. The van der Waals surface area contributed by atoms with Gasteiger partial charge in [-0.25, -0.2) is 0 Å². The summed E-state index contributed by atoms with van der Waals surface area (Å²) in [4.78, 5) is 23.4. The Hall–Kier alpha value is -1.84. The van der Waals surface area contributed by atoms with Crippen LogP contribution in [0.3, 0.4) is 0 Å². The van der Waals surface area contributed by atoms with Gasteiger partial charge in [-0.1, -0.05) is 45.9 Å². The van der Waals surface area contributed by atoms with Crippen LogP contribution in [-0.4, -0.2) is 17.0 Å². The van der Waals surface area contributed by atoms with Gasteiger partial charge in [0.2, 0.25) is 5.91 Å². The number of rotatable bonds is 4. The van der Waals surface area contributed by atoms with Gasteiger partial charge in [0, 0.05) is 5.69 Å². The van der Waals surface area contributed by atoms with Crippen molar-refractivity contribution in [1.82, 2.24) is 0 Å². The number of hydrogen-bond acceptors (Lipinski definition) is 2. The highest BCUT2D eigenvalue weighted by molar-refractivity contribution is 6.05. The van der Waals surface area contributed by atoms with Gasteiger partial charge in [0.15, 0.2) is 0 Å². The Bertz CT molecular complexity index is 475. The molecule has 2 N–H and O–H groups in total. The first-order valence-electron chi connectivity index (χ1n) is 6.39. The van der Waals surface area contributed by atoms with Crippen LogP contribution in [0.5, 0.6) is 0 Å². The van der Waals surface area contributed by atoms with Crippen molar-refractivity contribution in [2.75, 3.05) is 5.32 Å². The highest BCUT2D eigenvalue weighted by Gasteiger charge is 2.37. The minimum absolute atomic E-state index is 0.471. The van der Waals surface area contributed by atoms with E-state index in [4.69, 9.17) is 0 Å². The molecule has 1 aromatic carbocycles. The van der Waals surface area contributed by atoms with Crippen LogP contribution >= 0.6 is 0 Å². The monoisotopic (exact) mass is 263 g/mol. The first-order chi connectivity index (χ1) is 8.77. The summed E-state index contributed by atoms with van der Waals surface area (Å²) in [6, 6.07) is 7.43. The minimum Gasteiger partial charge on any atom is -0.481 e. The molecule has 1 rings (SSSR count). The molecule has 0 spiro atoms. The zero-order valence-corrected chi connectivity index (χ0v) is 11.9. The fraction of sp³-hybridized carbons (Fsp3) is 0.467. The van der Waals surface area contributed by atoms with E-state index in [-0.39, 0.29) is 0 Å². The van der Waals surface area contributed by atoms with E-state index in [2.05, 4.69) is 5.32 Å².